The van der Waals surface area contributed by atoms with Crippen LogP contribution in [0.15, 0.2) is 97.2 Å². The van der Waals surface area contributed by atoms with Crippen LogP contribution in [-0.4, -0.2) is 96.7 Å². The number of carbonyl (C=O) groups excluding carboxylic acids is 4. The van der Waals surface area contributed by atoms with Crippen LogP contribution in [0.5, 0.6) is 0 Å². The van der Waals surface area contributed by atoms with Gasteiger partial charge in [-0.3, -0.25) is 37.3 Å². The number of allylic oxidation sites excluding steroid dienone is 16. The zero-order valence-corrected chi connectivity index (χ0v) is 64.9. The van der Waals surface area contributed by atoms with Crippen LogP contribution in [0.2, 0.25) is 0 Å². The van der Waals surface area contributed by atoms with Crippen molar-refractivity contribution >= 4 is 39.5 Å². The summed E-state index contributed by atoms with van der Waals surface area (Å²) in [7, 11) is -9.97. The van der Waals surface area contributed by atoms with Crippen LogP contribution in [0, 0.1) is 0 Å². The summed E-state index contributed by atoms with van der Waals surface area (Å²) in [4.78, 5) is 72.9. The number of ether oxygens (including phenoxy) is 4. The SMILES string of the molecule is CC/C=C\C/C=C\C/C=C\C/C=C\C/C=C\C/C=C\CCC(=O)OCC(COP(=O)(O)OCC(O)COP(=O)(O)OCC(COC(=O)CCCCCCC/C=C\CCCCCCCC)OC(=O)CCCCCCC/C=C\CCCCCC)OC(=O)CCCCCCCCCCCCCCC. The summed E-state index contributed by atoms with van der Waals surface area (Å²) in [6.07, 6.45) is 76.9. The highest BCUT2D eigenvalue weighted by atomic mass is 31.2. The fraction of sp³-hybridized carbons (Fsp3) is 0.753. The molecule has 0 amide bonds. The third kappa shape index (κ3) is 72.3. The summed E-state index contributed by atoms with van der Waals surface area (Å²) in [6, 6.07) is 0. The van der Waals surface area contributed by atoms with Gasteiger partial charge in [-0.15, -0.1) is 0 Å². The molecule has 0 bridgehead atoms. The second-order valence-electron chi connectivity index (χ2n) is 26.3. The standard InChI is InChI=1S/C81H142O17P2/c1-5-9-13-17-21-25-29-33-35-36-37-38-40-44-46-50-54-58-62-66-79(84)92-72-77(98-81(86)68-64-60-56-52-48-42-32-28-24-20-16-12-8-4)74-96-100(89,90)94-70-75(82)69-93-99(87,88)95-73-76(97-80(85)67-63-59-55-51-47-41-31-27-23-19-15-11-7-3)71-91-78(83)65-61-57-53-49-45-43-39-34-30-26-22-18-14-10-6-2/h9,13,21,25,27,31,33-35,37-39,44,46,54,58,75-77,82H,5-8,10-12,14-20,22-24,26,28-30,32,36,40-43,45,47-53,55-57,59-74H2,1-4H3,(H,87,88)(H,89,90)/b13-9-,25-21-,31-27-,35-33-,38-37-,39-34-,46-44-,58-54-. The number of aliphatic hydroxyl groups excluding tert-OH is 1. The lowest BCUT2D eigenvalue weighted by Gasteiger charge is -2.21. The van der Waals surface area contributed by atoms with Crippen LogP contribution in [0.4, 0.5) is 0 Å². The van der Waals surface area contributed by atoms with Gasteiger partial charge in [0.15, 0.2) is 12.2 Å². The minimum absolute atomic E-state index is 0.0378. The molecule has 0 aliphatic heterocycles. The third-order valence-electron chi connectivity index (χ3n) is 16.5. The number of hydrogen-bond acceptors (Lipinski definition) is 15. The van der Waals surface area contributed by atoms with Gasteiger partial charge in [0.1, 0.15) is 19.3 Å². The molecule has 0 saturated carbocycles. The van der Waals surface area contributed by atoms with Crippen LogP contribution in [0.25, 0.3) is 0 Å². The van der Waals surface area contributed by atoms with Crippen LogP contribution in [0.1, 0.15) is 336 Å². The fourth-order valence-corrected chi connectivity index (χ4v) is 12.1. The van der Waals surface area contributed by atoms with Crippen LogP contribution in [-0.2, 0) is 65.4 Å². The predicted molar refractivity (Wildman–Crippen MR) is 409 cm³/mol. The molecule has 0 heterocycles. The Labute approximate surface area is 607 Å². The first-order chi connectivity index (χ1) is 48.7. The van der Waals surface area contributed by atoms with Crippen molar-refractivity contribution in [2.45, 2.75) is 354 Å². The fourth-order valence-electron chi connectivity index (χ4n) is 10.5. The molecule has 19 heteroatoms. The van der Waals surface area contributed by atoms with Crippen molar-refractivity contribution in [1.29, 1.82) is 0 Å². The Balaban J connectivity index is 5.39. The third-order valence-corrected chi connectivity index (χ3v) is 18.4. The van der Waals surface area contributed by atoms with Gasteiger partial charge < -0.3 is 33.8 Å². The topological polar surface area (TPSA) is 237 Å². The molecule has 0 aromatic carbocycles. The van der Waals surface area contributed by atoms with Crippen molar-refractivity contribution in [2.75, 3.05) is 39.6 Å². The molecule has 0 spiro atoms. The Morgan fingerprint density at radius 2 is 0.540 bits per heavy atom. The molecule has 0 fully saturated rings. The summed E-state index contributed by atoms with van der Waals surface area (Å²) in [5.74, 6) is -2.27. The normalized spacial score (nSPS) is 14.4. The highest BCUT2D eigenvalue weighted by Gasteiger charge is 2.30. The quantitative estimate of drug-likeness (QED) is 0.0169. The van der Waals surface area contributed by atoms with Gasteiger partial charge in [-0.1, -0.05) is 292 Å². The maximum Gasteiger partial charge on any atom is 0.472 e. The van der Waals surface area contributed by atoms with E-state index >= 15 is 0 Å². The van der Waals surface area contributed by atoms with Crippen molar-refractivity contribution in [1.82, 2.24) is 0 Å². The zero-order valence-electron chi connectivity index (χ0n) is 63.1. The number of hydrogen-bond donors (Lipinski definition) is 3. The van der Waals surface area contributed by atoms with Gasteiger partial charge in [-0.25, -0.2) is 9.13 Å². The summed E-state index contributed by atoms with van der Waals surface area (Å²) >= 11 is 0. The summed E-state index contributed by atoms with van der Waals surface area (Å²) in [5, 5.41) is 10.6. The van der Waals surface area contributed by atoms with E-state index in [4.69, 9.17) is 37.0 Å². The predicted octanol–water partition coefficient (Wildman–Crippen LogP) is 22.8. The van der Waals surface area contributed by atoms with Gasteiger partial charge in [-0.2, -0.15) is 0 Å². The van der Waals surface area contributed by atoms with E-state index in [2.05, 4.69) is 107 Å². The van der Waals surface area contributed by atoms with Gasteiger partial charge in [0, 0.05) is 25.7 Å². The largest absolute Gasteiger partial charge is 0.472 e. The van der Waals surface area contributed by atoms with E-state index < -0.39 is 97.5 Å². The molecule has 100 heavy (non-hydrogen) atoms. The van der Waals surface area contributed by atoms with Gasteiger partial charge >= 0.3 is 39.5 Å². The minimum atomic E-state index is -4.99. The lowest BCUT2D eigenvalue weighted by molar-refractivity contribution is -0.161. The van der Waals surface area contributed by atoms with E-state index in [0.717, 1.165) is 135 Å². The van der Waals surface area contributed by atoms with Gasteiger partial charge in [0.2, 0.25) is 0 Å². The first kappa shape index (κ1) is 96.0. The molecule has 0 saturated heterocycles. The van der Waals surface area contributed by atoms with Gasteiger partial charge in [0.25, 0.3) is 0 Å². The maximum absolute atomic E-state index is 13.1. The maximum atomic E-state index is 13.1. The van der Waals surface area contributed by atoms with E-state index in [-0.39, 0.29) is 25.7 Å². The molecule has 0 aliphatic carbocycles. The number of rotatable bonds is 74. The molecular formula is C81H142O17P2. The lowest BCUT2D eigenvalue weighted by atomic mass is 10.0. The monoisotopic (exact) mass is 1450 g/mol. The van der Waals surface area contributed by atoms with E-state index in [9.17, 15) is 43.2 Å². The number of esters is 4. The van der Waals surface area contributed by atoms with E-state index in [1.54, 1.807) is 0 Å². The molecule has 5 unspecified atom stereocenters. The average molecular weight is 1450 g/mol. The minimum Gasteiger partial charge on any atom is -0.462 e. The first-order valence-corrected chi connectivity index (χ1v) is 42.5. The van der Waals surface area contributed by atoms with Crippen molar-refractivity contribution in [2.24, 2.45) is 0 Å². The molecule has 578 valence electrons. The Hall–Kier alpha value is -4.02. The number of phosphoric acid groups is 2. The molecule has 0 rings (SSSR count). The van der Waals surface area contributed by atoms with E-state index in [1.165, 1.54) is 116 Å². The Morgan fingerprint density at radius 1 is 0.290 bits per heavy atom. The second-order valence-corrected chi connectivity index (χ2v) is 29.2. The summed E-state index contributed by atoms with van der Waals surface area (Å²) < 4.78 is 68.4. The molecular weight excluding hydrogens is 1310 g/mol. The van der Waals surface area contributed by atoms with Gasteiger partial charge in [0.05, 0.1) is 26.4 Å². The van der Waals surface area contributed by atoms with Crippen molar-refractivity contribution < 1.29 is 80.2 Å². The lowest BCUT2D eigenvalue weighted by Crippen LogP contribution is -2.30. The number of aliphatic hydroxyl groups is 1. The second kappa shape index (κ2) is 73.3. The van der Waals surface area contributed by atoms with Crippen LogP contribution >= 0.6 is 15.6 Å². The van der Waals surface area contributed by atoms with Crippen molar-refractivity contribution in [3.05, 3.63) is 97.2 Å². The molecule has 0 aromatic heterocycles. The molecule has 17 nitrogen and oxygen atoms in total. The van der Waals surface area contributed by atoms with Crippen LogP contribution < -0.4 is 0 Å². The first-order valence-electron chi connectivity index (χ1n) is 39.5. The molecule has 3 N–H and O–H groups in total. The van der Waals surface area contributed by atoms with Gasteiger partial charge in [-0.05, 0) is 116 Å². The number of unbranched alkanes of at least 4 members (excludes halogenated alkanes) is 32. The molecule has 0 aliphatic rings. The Morgan fingerprint density at radius 3 is 0.870 bits per heavy atom. The molecule has 5 atom stereocenters. The summed E-state index contributed by atoms with van der Waals surface area (Å²) in [6.45, 7) is 4.67. The smallest absolute Gasteiger partial charge is 0.462 e. The Kier molecular flexibility index (Phi) is 70.4. The zero-order chi connectivity index (χ0) is 73.2. The van der Waals surface area contributed by atoms with Crippen molar-refractivity contribution in [3.8, 4) is 0 Å². The van der Waals surface area contributed by atoms with E-state index in [0.29, 0.717) is 32.1 Å². The number of carbonyl (C=O) groups is 4. The molecule has 0 radical (unpaired) electrons. The van der Waals surface area contributed by atoms with Crippen LogP contribution in [0.3, 0.4) is 0 Å². The highest BCUT2D eigenvalue weighted by Crippen LogP contribution is 2.45. The number of phosphoric ester groups is 2. The van der Waals surface area contributed by atoms with Crippen molar-refractivity contribution in [3.63, 3.8) is 0 Å². The highest BCUT2D eigenvalue weighted by molar-refractivity contribution is 7.47. The summed E-state index contributed by atoms with van der Waals surface area (Å²) in [5.41, 5.74) is 0. The molecule has 0 aromatic rings. The Bertz CT molecular complexity index is 2270. The van der Waals surface area contributed by atoms with E-state index in [1.807, 2.05) is 18.2 Å². The average Bonchev–Trinajstić information content (AvgIpc) is 0.935.